The van der Waals surface area contributed by atoms with E-state index in [1.54, 1.807) is 0 Å². The van der Waals surface area contributed by atoms with E-state index in [1.165, 1.54) is 6.42 Å². The van der Waals surface area contributed by atoms with Crippen LogP contribution < -0.4 is 0 Å². The summed E-state index contributed by atoms with van der Waals surface area (Å²) in [7, 11) is 0. The third-order valence-corrected chi connectivity index (χ3v) is 5.73. The molecule has 19 heavy (non-hydrogen) atoms. The molecule has 0 aromatic heterocycles. The molecule has 1 spiro atoms. The molecule has 0 radical (unpaired) electrons. The zero-order chi connectivity index (χ0) is 13.6. The summed E-state index contributed by atoms with van der Waals surface area (Å²) >= 11 is 0. The Hall–Kier alpha value is -0.410. The molecular weight excluding hydrogens is 240 g/mol. The van der Waals surface area contributed by atoms with Gasteiger partial charge in [-0.2, -0.15) is 0 Å². The molecule has 0 aromatic rings. The summed E-state index contributed by atoms with van der Waals surface area (Å²) in [6.07, 6.45) is 5.72. The summed E-state index contributed by atoms with van der Waals surface area (Å²) in [5.41, 5.74) is 0.0656. The summed E-state index contributed by atoms with van der Waals surface area (Å²) < 4.78 is 11.8. The van der Waals surface area contributed by atoms with Crippen molar-refractivity contribution < 1.29 is 14.3 Å². The summed E-state index contributed by atoms with van der Waals surface area (Å²) in [6, 6.07) is 0. The van der Waals surface area contributed by atoms with E-state index >= 15 is 0 Å². The Morgan fingerprint density at radius 2 is 1.89 bits per heavy atom. The van der Waals surface area contributed by atoms with Crippen molar-refractivity contribution in [1.82, 2.24) is 0 Å². The lowest BCUT2D eigenvalue weighted by Crippen LogP contribution is -2.48. The summed E-state index contributed by atoms with van der Waals surface area (Å²) in [5.74, 6) is 1.09. The third-order valence-electron chi connectivity index (χ3n) is 5.73. The average Bonchev–Trinajstić information content (AvgIpc) is 2.61. The van der Waals surface area contributed by atoms with Crippen molar-refractivity contribution in [3.8, 4) is 0 Å². The van der Waals surface area contributed by atoms with Crippen LogP contribution in [0.2, 0.25) is 0 Å². The Balaban J connectivity index is 1.69. The molecular formula is C16H26O3. The van der Waals surface area contributed by atoms with Gasteiger partial charge in [-0.05, 0) is 51.9 Å². The van der Waals surface area contributed by atoms with Crippen molar-refractivity contribution in [3.63, 3.8) is 0 Å². The molecule has 2 aliphatic heterocycles. The minimum Gasteiger partial charge on any atom is -0.375 e. The van der Waals surface area contributed by atoms with Gasteiger partial charge in [0.15, 0.2) is 0 Å². The molecule has 5 unspecified atom stereocenters. The second-order valence-corrected chi connectivity index (χ2v) is 6.91. The maximum atomic E-state index is 12.9. The van der Waals surface area contributed by atoms with Crippen LogP contribution >= 0.6 is 0 Å². The van der Waals surface area contributed by atoms with Gasteiger partial charge in [-0.3, -0.25) is 4.79 Å². The second-order valence-electron chi connectivity index (χ2n) is 6.91. The predicted octanol–water partition coefficient (Wildman–Crippen LogP) is 2.96. The van der Waals surface area contributed by atoms with Crippen LogP contribution in [-0.4, -0.2) is 30.2 Å². The summed E-state index contributed by atoms with van der Waals surface area (Å²) in [5, 5.41) is 0. The molecule has 3 heteroatoms. The predicted molar refractivity (Wildman–Crippen MR) is 72.9 cm³/mol. The molecule has 1 aliphatic carbocycles. The standard InChI is InChI=1S/C16H26O3/c1-10-11(2)19-12(3)14(10)15(17)13-5-8-18-16(9-13)6-4-7-16/h10-14H,4-9H2,1-3H3. The number of carbonyl (C=O) groups excluding carboxylic acids is 1. The van der Waals surface area contributed by atoms with Crippen LogP contribution in [0.5, 0.6) is 0 Å². The highest BCUT2D eigenvalue weighted by molar-refractivity contribution is 5.84. The molecule has 3 rings (SSSR count). The van der Waals surface area contributed by atoms with Crippen LogP contribution in [0.15, 0.2) is 0 Å². The molecule has 0 amide bonds. The number of ketones is 1. The first-order valence-electron chi connectivity index (χ1n) is 7.85. The van der Waals surface area contributed by atoms with Gasteiger partial charge in [0.05, 0.1) is 17.8 Å². The minimum absolute atomic E-state index is 0.0656. The molecule has 3 nitrogen and oxygen atoms in total. The molecule has 2 saturated heterocycles. The van der Waals surface area contributed by atoms with E-state index in [9.17, 15) is 4.79 Å². The fraction of sp³-hybridized carbons (Fsp3) is 0.938. The van der Waals surface area contributed by atoms with E-state index in [1.807, 2.05) is 0 Å². The first-order valence-corrected chi connectivity index (χ1v) is 7.85. The Bertz CT molecular complexity index is 361. The van der Waals surface area contributed by atoms with Crippen LogP contribution in [0.1, 0.15) is 52.9 Å². The lowest BCUT2D eigenvalue weighted by molar-refractivity contribution is -0.159. The number of ether oxygens (including phenoxy) is 2. The molecule has 0 bridgehead atoms. The number of hydrogen-bond acceptors (Lipinski definition) is 3. The molecule has 108 valence electrons. The molecule has 3 aliphatic rings. The normalized spacial score (nSPS) is 45.1. The van der Waals surface area contributed by atoms with Gasteiger partial charge in [0.1, 0.15) is 5.78 Å². The smallest absolute Gasteiger partial charge is 0.142 e. The third kappa shape index (κ3) is 2.25. The lowest BCUT2D eigenvalue weighted by Gasteiger charge is -2.47. The van der Waals surface area contributed by atoms with Crippen molar-refractivity contribution in [1.29, 1.82) is 0 Å². The van der Waals surface area contributed by atoms with Crippen molar-refractivity contribution in [2.75, 3.05) is 6.61 Å². The fourth-order valence-corrected chi connectivity index (χ4v) is 4.22. The SMILES string of the molecule is CC1OC(C)C(C(=O)C2CCOC3(CCC3)C2)C1C. The van der Waals surface area contributed by atoms with Crippen LogP contribution in [0.25, 0.3) is 0 Å². The maximum absolute atomic E-state index is 12.9. The molecule has 0 N–H and O–H groups in total. The topological polar surface area (TPSA) is 35.5 Å². The first-order chi connectivity index (χ1) is 9.02. The maximum Gasteiger partial charge on any atom is 0.142 e. The van der Waals surface area contributed by atoms with Crippen molar-refractivity contribution in [2.24, 2.45) is 17.8 Å². The van der Waals surface area contributed by atoms with Gasteiger partial charge in [-0.15, -0.1) is 0 Å². The number of rotatable bonds is 2. The van der Waals surface area contributed by atoms with E-state index < -0.39 is 0 Å². The first kappa shape index (κ1) is 13.6. The largest absolute Gasteiger partial charge is 0.375 e. The summed E-state index contributed by atoms with van der Waals surface area (Å²) in [6.45, 7) is 7.07. The molecule has 1 saturated carbocycles. The van der Waals surface area contributed by atoms with E-state index in [2.05, 4.69) is 20.8 Å². The van der Waals surface area contributed by atoms with Crippen LogP contribution in [-0.2, 0) is 14.3 Å². The van der Waals surface area contributed by atoms with E-state index in [0.29, 0.717) is 11.7 Å². The zero-order valence-electron chi connectivity index (χ0n) is 12.4. The Labute approximate surface area is 116 Å². The van der Waals surface area contributed by atoms with Gasteiger partial charge in [0.25, 0.3) is 0 Å². The van der Waals surface area contributed by atoms with Gasteiger partial charge in [-0.1, -0.05) is 6.92 Å². The highest BCUT2D eigenvalue weighted by Gasteiger charge is 2.48. The van der Waals surface area contributed by atoms with Crippen LogP contribution in [0.3, 0.4) is 0 Å². The molecule has 0 aromatic carbocycles. The Morgan fingerprint density at radius 1 is 1.16 bits per heavy atom. The van der Waals surface area contributed by atoms with Gasteiger partial charge < -0.3 is 9.47 Å². The van der Waals surface area contributed by atoms with Crippen LogP contribution in [0.4, 0.5) is 0 Å². The Kier molecular flexibility index (Phi) is 3.46. The lowest BCUT2D eigenvalue weighted by atomic mass is 9.68. The van der Waals surface area contributed by atoms with Crippen LogP contribution in [0, 0.1) is 17.8 Å². The molecule has 5 atom stereocenters. The van der Waals surface area contributed by atoms with Gasteiger partial charge in [0, 0.05) is 18.4 Å². The van der Waals surface area contributed by atoms with E-state index in [4.69, 9.17) is 9.47 Å². The van der Waals surface area contributed by atoms with Crippen molar-refractivity contribution in [3.05, 3.63) is 0 Å². The highest BCUT2D eigenvalue weighted by Crippen LogP contribution is 2.46. The van der Waals surface area contributed by atoms with E-state index in [0.717, 1.165) is 32.3 Å². The minimum atomic E-state index is 0.0656. The van der Waals surface area contributed by atoms with E-state index in [-0.39, 0.29) is 29.6 Å². The van der Waals surface area contributed by atoms with Gasteiger partial charge >= 0.3 is 0 Å². The van der Waals surface area contributed by atoms with Crippen molar-refractivity contribution >= 4 is 5.78 Å². The number of Topliss-reactive ketones (excluding diaryl/α,β-unsaturated/α-hetero) is 1. The number of hydrogen-bond donors (Lipinski definition) is 0. The highest BCUT2D eigenvalue weighted by atomic mass is 16.5. The van der Waals surface area contributed by atoms with Gasteiger partial charge in [0.2, 0.25) is 0 Å². The quantitative estimate of drug-likeness (QED) is 0.771. The monoisotopic (exact) mass is 266 g/mol. The second kappa shape index (κ2) is 4.85. The van der Waals surface area contributed by atoms with Gasteiger partial charge in [-0.25, -0.2) is 0 Å². The average molecular weight is 266 g/mol. The Morgan fingerprint density at radius 3 is 2.42 bits per heavy atom. The molecule has 2 heterocycles. The van der Waals surface area contributed by atoms with Crippen molar-refractivity contribution in [2.45, 2.75) is 70.7 Å². The summed E-state index contributed by atoms with van der Waals surface area (Å²) in [4.78, 5) is 12.9. The fourth-order valence-electron chi connectivity index (χ4n) is 4.22. The molecule has 3 fully saturated rings. The number of carbonyl (C=O) groups is 1. The zero-order valence-corrected chi connectivity index (χ0v) is 12.4.